The molecule has 0 aliphatic carbocycles. The molecule has 1 unspecified atom stereocenters. The lowest BCUT2D eigenvalue weighted by Gasteiger charge is -2.32. The van der Waals surface area contributed by atoms with Crippen molar-refractivity contribution in [3.63, 3.8) is 0 Å². The number of nitrogens with zero attached hydrogens (tertiary/aromatic N) is 1. The molecule has 1 saturated heterocycles. The third-order valence-electron chi connectivity index (χ3n) is 4.10. The Kier molecular flexibility index (Phi) is 7.88. The average Bonchev–Trinajstić information content (AvgIpc) is 2.53. The lowest BCUT2D eigenvalue weighted by molar-refractivity contribution is -0.144. The molecule has 1 fully saturated rings. The molecule has 2 rings (SSSR count). The van der Waals surface area contributed by atoms with E-state index in [0.29, 0.717) is 24.2 Å². The van der Waals surface area contributed by atoms with Gasteiger partial charge in [0.05, 0.1) is 0 Å². The molecule has 0 saturated carbocycles. The molecule has 1 aromatic rings. The summed E-state index contributed by atoms with van der Waals surface area (Å²) < 4.78 is 0. The van der Waals surface area contributed by atoms with Gasteiger partial charge in [0.15, 0.2) is 5.78 Å². The number of amides is 1. The number of Topliss-reactive ketones (excluding diaryl/α,β-unsaturated/α-hetero) is 1. The number of hydrogen-bond acceptors (Lipinski definition) is 4. The number of halogens is 1. The third-order valence-corrected chi connectivity index (χ3v) is 4.10. The first kappa shape index (κ1) is 20.1. The predicted molar refractivity (Wildman–Crippen MR) is 93.8 cm³/mol. The Bertz CT molecular complexity index is 589. The highest BCUT2D eigenvalue weighted by Crippen LogP contribution is 2.17. The minimum absolute atomic E-state index is 0. The second kappa shape index (κ2) is 9.39. The maximum Gasteiger partial charge on any atom is 0.320 e. The van der Waals surface area contributed by atoms with Gasteiger partial charge in [-0.25, -0.2) is 0 Å². The average molecular weight is 355 g/mol. The largest absolute Gasteiger partial charge is 0.480 e. The summed E-state index contributed by atoms with van der Waals surface area (Å²) in [7, 11) is 0. The molecular weight excluding hydrogens is 332 g/mol. The molecular formula is C17H23ClN2O4. The molecule has 2 N–H and O–H groups in total. The zero-order valence-corrected chi connectivity index (χ0v) is 14.5. The number of carbonyl (C=O) groups is 3. The molecule has 0 bridgehead atoms. The van der Waals surface area contributed by atoms with Gasteiger partial charge in [-0.1, -0.05) is 6.42 Å². The van der Waals surface area contributed by atoms with E-state index in [4.69, 9.17) is 0 Å². The summed E-state index contributed by atoms with van der Waals surface area (Å²) in [5, 5.41) is 12.0. The molecule has 1 atom stereocenters. The second-order valence-electron chi connectivity index (χ2n) is 5.82. The zero-order valence-electron chi connectivity index (χ0n) is 13.7. The summed E-state index contributed by atoms with van der Waals surface area (Å²) in [6.45, 7) is 2.65. The number of ketones is 1. The van der Waals surface area contributed by atoms with E-state index in [2.05, 4.69) is 5.32 Å². The highest BCUT2D eigenvalue weighted by atomic mass is 35.5. The lowest BCUT2D eigenvalue weighted by atomic mass is 10.0. The van der Waals surface area contributed by atoms with Crippen LogP contribution in [0, 0.1) is 0 Å². The maximum atomic E-state index is 12.0. The van der Waals surface area contributed by atoms with Crippen LogP contribution in [0.2, 0.25) is 0 Å². The summed E-state index contributed by atoms with van der Waals surface area (Å²) in [5.74, 6) is -0.993. The molecule has 132 valence electrons. The van der Waals surface area contributed by atoms with Gasteiger partial charge in [0.1, 0.15) is 6.04 Å². The molecule has 24 heavy (non-hydrogen) atoms. The van der Waals surface area contributed by atoms with Crippen LogP contribution in [-0.4, -0.2) is 46.8 Å². The summed E-state index contributed by atoms with van der Waals surface area (Å²) in [6, 6.07) is 6.24. The van der Waals surface area contributed by atoms with E-state index in [9.17, 15) is 19.5 Å². The molecule has 1 heterocycles. The predicted octanol–water partition coefficient (Wildman–Crippen LogP) is 2.58. The van der Waals surface area contributed by atoms with Crippen LogP contribution in [0.25, 0.3) is 0 Å². The maximum absolute atomic E-state index is 12.0. The smallest absolute Gasteiger partial charge is 0.320 e. The highest BCUT2D eigenvalue weighted by molar-refractivity contribution is 5.95. The fraction of sp³-hybridized carbons (Fsp3) is 0.471. The SMILES string of the molecule is CC(=O)c1ccc(NC(=O)CCN2CCCCC2C(=O)O)cc1.Cl. The standard InChI is InChI=1S/C17H22N2O4.ClH/c1-12(20)13-5-7-14(8-6-13)18-16(21)9-11-19-10-3-2-4-15(19)17(22)23;/h5-8,15H,2-4,9-11H2,1H3,(H,18,21)(H,22,23);1H. The second-order valence-corrected chi connectivity index (χ2v) is 5.82. The van der Waals surface area contributed by atoms with Gasteiger partial charge < -0.3 is 10.4 Å². The van der Waals surface area contributed by atoms with E-state index >= 15 is 0 Å². The first-order chi connectivity index (χ1) is 11.0. The Morgan fingerprint density at radius 1 is 1.21 bits per heavy atom. The number of carboxylic acid groups (broad SMARTS) is 1. The molecule has 0 radical (unpaired) electrons. The number of benzene rings is 1. The van der Waals surface area contributed by atoms with Crippen molar-refractivity contribution in [1.29, 1.82) is 0 Å². The number of hydrogen-bond donors (Lipinski definition) is 2. The van der Waals surface area contributed by atoms with Crippen molar-refractivity contribution in [1.82, 2.24) is 4.90 Å². The Hall–Kier alpha value is -1.92. The van der Waals surface area contributed by atoms with Gasteiger partial charge in [-0.2, -0.15) is 0 Å². The molecule has 7 heteroatoms. The van der Waals surface area contributed by atoms with Crippen molar-refractivity contribution in [2.24, 2.45) is 0 Å². The van der Waals surface area contributed by atoms with Gasteiger partial charge in [-0.3, -0.25) is 19.3 Å². The van der Waals surface area contributed by atoms with Crippen molar-refractivity contribution in [3.05, 3.63) is 29.8 Å². The van der Waals surface area contributed by atoms with Gasteiger partial charge in [-0.15, -0.1) is 12.4 Å². The number of anilines is 1. The zero-order chi connectivity index (χ0) is 16.8. The number of carbonyl (C=O) groups excluding carboxylic acids is 2. The monoisotopic (exact) mass is 354 g/mol. The van der Waals surface area contributed by atoms with Gasteiger partial charge >= 0.3 is 5.97 Å². The van der Waals surface area contributed by atoms with Crippen molar-refractivity contribution in [2.75, 3.05) is 18.4 Å². The van der Waals surface area contributed by atoms with Crippen molar-refractivity contribution in [3.8, 4) is 0 Å². The Morgan fingerprint density at radius 3 is 2.46 bits per heavy atom. The fourth-order valence-electron chi connectivity index (χ4n) is 2.80. The van der Waals surface area contributed by atoms with E-state index < -0.39 is 12.0 Å². The fourth-order valence-corrected chi connectivity index (χ4v) is 2.80. The van der Waals surface area contributed by atoms with E-state index in [1.165, 1.54) is 6.92 Å². The number of nitrogens with one attached hydrogen (secondary N) is 1. The summed E-state index contributed by atoms with van der Waals surface area (Å²) in [5.41, 5.74) is 1.23. The van der Waals surface area contributed by atoms with Gasteiger partial charge in [0, 0.05) is 24.2 Å². The molecule has 0 spiro atoms. The van der Waals surface area contributed by atoms with Crippen LogP contribution in [0.5, 0.6) is 0 Å². The van der Waals surface area contributed by atoms with Crippen LogP contribution in [0.4, 0.5) is 5.69 Å². The highest BCUT2D eigenvalue weighted by Gasteiger charge is 2.28. The van der Waals surface area contributed by atoms with Gasteiger partial charge in [0.2, 0.25) is 5.91 Å². The normalized spacial score (nSPS) is 17.6. The van der Waals surface area contributed by atoms with Crippen LogP contribution < -0.4 is 5.32 Å². The van der Waals surface area contributed by atoms with Crippen LogP contribution in [0.1, 0.15) is 43.0 Å². The number of carboxylic acids is 1. The number of aliphatic carboxylic acids is 1. The topological polar surface area (TPSA) is 86.7 Å². The van der Waals surface area contributed by atoms with E-state index in [0.717, 1.165) is 19.4 Å². The minimum Gasteiger partial charge on any atom is -0.480 e. The quantitative estimate of drug-likeness (QED) is 0.767. The minimum atomic E-state index is -0.815. The molecule has 6 nitrogen and oxygen atoms in total. The van der Waals surface area contributed by atoms with Gasteiger partial charge in [0.25, 0.3) is 0 Å². The Labute approximate surface area is 147 Å². The third kappa shape index (κ3) is 5.62. The lowest BCUT2D eigenvalue weighted by Crippen LogP contribution is -2.45. The van der Waals surface area contributed by atoms with E-state index in [1.54, 1.807) is 24.3 Å². The van der Waals surface area contributed by atoms with Crippen molar-refractivity contribution < 1.29 is 19.5 Å². The number of likely N-dealkylation sites (tertiary alicyclic amines) is 1. The molecule has 1 amide bonds. The van der Waals surface area contributed by atoms with Crippen molar-refractivity contribution in [2.45, 2.75) is 38.6 Å². The molecule has 0 aromatic heterocycles. The van der Waals surface area contributed by atoms with Crippen LogP contribution in [0.3, 0.4) is 0 Å². The van der Waals surface area contributed by atoms with Crippen LogP contribution in [0.15, 0.2) is 24.3 Å². The van der Waals surface area contributed by atoms with Crippen LogP contribution >= 0.6 is 12.4 Å². The van der Waals surface area contributed by atoms with Gasteiger partial charge in [-0.05, 0) is 50.6 Å². The van der Waals surface area contributed by atoms with Crippen LogP contribution in [-0.2, 0) is 9.59 Å². The molecule has 1 aliphatic rings. The first-order valence-electron chi connectivity index (χ1n) is 7.85. The Balaban J connectivity index is 0.00000288. The van der Waals surface area contributed by atoms with E-state index in [-0.39, 0.29) is 30.5 Å². The Morgan fingerprint density at radius 2 is 1.88 bits per heavy atom. The summed E-state index contributed by atoms with van der Waals surface area (Å²) >= 11 is 0. The number of piperidine rings is 1. The molecule has 1 aromatic carbocycles. The van der Waals surface area contributed by atoms with Crippen molar-refractivity contribution >= 4 is 35.8 Å². The first-order valence-corrected chi connectivity index (χ1v) is 7.85. The molecule has 1 aliphatic heterocycles. The summed E-state index contributed by atoms with van der Waals surface area (Å²) in [6.07, 6.45) is 2.78. The summed E-state index contributed by atoms with van der Waals surface area (Å²) in [4.78, 5) is 36.3. The number of rotatable bonds is 6. The van der Waals surface area contributed by atoms with E-state index in [1.807, 2.05) is 4.90 Å².